The topological polar surface area (TPSA) is 89.7 Å². The van der Waals surface area contributed by atoms with Gasteiger partial charge in [0.25, 0.3) is 13.3 Å². The van der Waals surface area contributed by atoms with E-state index >= 15 is 0 Å². The van der Waals surface area contributed by atoms with Gasteiger partial charge in [-0.25, -0.2) is 4.98 Å². The number of hydrogen-bond donors (Lipinski definition) is 2. The number of aromatic nitrogens is 5. The summed E-state index contributed by atoms with van der Waals surface area (Å²) in [5.74, 6) is 3.05. The number of carbonyl (C=O) groups excluding carboxylic acids is 1. The third-order valence-electron chi connectivity index (χ3n) is 7.19. The summed E-state index contributed by atoms with van der Waals surface area (Å²) >= 11 is 0. The molecule has 1 unspecified atom stereocenters. The lowest BCUT2D eigenvalue weighted by Gasteiger charge is -2.09. The Morgan fingerprint density at radius 3 is 2.56 bits per heavy atom. The van der Waals surface area contributed by atoms with Crippen molar-refractivity contribution in [1.82, 2.24) is 29.5 Å². The highest BCUT2D eigenvalue weighted by Crippen LogP contribution is 2.40. The van der Waals surface area contributed by atoms with Crippen molar-refractivity contribution in [2.75, 3.05) is 5.32 Å². The molecule has 0 spiro atoms. The molecule has 1 amide bonds. The van der Waals surface area contributed by atoms with Crippen LogP contribution < -0.4 is 10.6 Å². The van der Waals surface area contributed by atoms with Gasteiger partial charge < -0.3 is 15.2 Å². The number of nitrogens with zero attached hydrogens (tertiary/aromatic N) is 5. The van der Waals surface area contributed by atoms with Crippen molar-refractivity contribution >= 4 is 25.0 Å². The van der Waals surface area contributed by atoms with Crippen LogP contribution in [0.1, 0.15) is 64.6 Å². The third kappa shape index (κ3) is 3.79. The summed E-state index contributed by atoms with van der Waals surface area (Å²) in [5, 5.41) is 11.1. The van der Waals surface area contributed by atoms with Crippen molar-refractivity contribution in [3.05, 3.63) is 64.6 Å². The van der Waals surface area contributed by atoms with E-state index in [4.69, 9.17) is 15.1 Å². The van der Waals surface area contributed by atoms with Gasteiger partial charge in [0.2, 0.25) is 5.95 Å². The van der Waals surface area contributed by atoms with Crippen LogP contribution in [-0.4, -0.2) is 37.5 Å². The fourth-order valence-corrected chi connectivity index (χ4v) is 5.05. The summed E-state index contributed by atoms with van der Waals surface area (Å²) in [5.41, 5.74) is 7.98. The number of benzene rings is 2. The van der Waals surface area contributed by atoms with E-state index < -0.39 is 0 Å². The highest BCUT2D eigenvalue weighted by molar-refractivity contribution is 6.32. The van der Waals surface area contributed by atoms with Gasteiger partial charge in [0, 0.05) is 41.5 Å². The Morgan fingerprint density at radius 1 is 1.06 bits per heavy atom. The summed E-state index contributed by atoms with van der Waals surface area (Å²) < 4.78 is 3.92. The molecule has 1 atom stereocenters. The lowest BCUT2D eigenvalue weighted by atomic mass is 9.98. The molecule has 2 aromatic carbocycles. The summed E-state index contributed by atoms with van der Waals surface area (Å²) in [4.78, 5) is 21.8. The number of carbonyl (C=O) groups is 1. The van der Waals surface area contributed by atoms with Gasteiger partial charge in [0.05, 0.1) is 11.7 Å². The van der Waals surface area contributed by atoms with Crippen molar-refractivity contribution in [2.45, 2.75) is 52.4 Å². The Bertz CT molecular complexity index is 1510. The summed E-state index contributed by atoms with van der Waals surface area (Å²) in [6, 6.07) is 10.1. The monoisotopic (exact) mass is 478 g/mol. The van der Waals surface area contributed by atoms with Gasteiger partial charge in [-0.2, -0.15) is 10.1 Å². The SMILES string of the molecule is C[B]n1nc(-c2cc(C)c(-c3cn(C)c(C4CC4)n3)cc2C)nc1Nc1ccc2c(c1)C(C)NC2=O. The molecule has 36 heavy (non-hydrogen) atoms. The number of amides is 1. The second-order valence-electron chi connectivity index (χ2n) is 9.94. The second kappa shape index (κ2) is 8.36. The average molecular weight is 478 g/mol. The maximum Gasteiger partial charge on any atom is 0.281 e. The summed E-state index contributed by atoms with van der Waals surface area (Å²) in [7, 11) is 3.97. The Labute approximate surface area is 211 Å². The zero-order valence-corrected chi connectivity index (χ0v) is 21.3. The van der Waals surface area contributed by atoms with Crippen LogP contribution in [0.4, 0.5) is 11.6 Å². The molecule has 9 heteroatoms. The standard InChI is InChI=1S/C27H29BN7O/c1-14-11-21(15(2)10-20(14)23-13-34(5)25(31-23)17-6-7-17)24-32-27(35(28-4)33-24)30-18-8-9-19-22(12-18)16(3)29-26(19)36/h8-13,16-17H,6-7H2,1-5H3,(H,29,36)(H,30,32,33). The first kappa shape index (κ1) is 22.6. The molecule has 1 aliphatic carbocycles. The van der Waals surface area contributed by atoms with E-state index in [1.54, 1.807) is 4.59 Å². The van der Waals surface area contributed by atoms with Gasteiger partial charge in [-0.15, -0.1) is 0 Å². The molecule has 1 saturated carbocycles. The summed E-state index contributed by atoms with van der Waals surface area (Å²) in [6.07, 6.45) is 4.61. The van der Waals surface area contributed by atoms with E-state index in [9.17, 15) is 4.79 Å². The summed E-state index contributed by atoms with van der Waals surface area (Å²) in [6.45, 7) is 8.13. The van der Waals surface area contributed by atoms with Crippen LogP contribution in [0.5, 0.6) is 0 Å². The molecule has 2 N–H and O–H groups in total. The first-order chi connectivity index (χ1) is 17.3. The van der Waals surface area contributed by atoms with Crippen LogP contribution in [0, 0.1) is 13.8 Å². The normalized spacial score (nSPS) is 16.7. The van der Waals surface area contributed by atoms with Gasteiger partial charge in [0.1, 0.15) is 5.82 Å². The molecule has 2 aliphatic rings. The maximum atomic E-state index is 12.1. The van der Waals surface area contributed by atoms with Gasteiger partial charge in [-0.3, -0.25) is 9.39 Å². The van der Waals surface area contributed by atoms with Crippen molar-refractivity contribution in [3.8, 4) is 22.6 Å². The molecule has 3 heterocycles. The Hall–Kier alpha value is -3.88. The first-order valence-corrected chi connectivity index (χ1v) is 12.5. The van der Waals surface area contributed by atoms with Crippen molar-refractivity contribution in [1.29, 1.82) is 0 Å². The van der Waals surface area contributed by atoms with Gasteiger partial charge in [0.15, 0.2) is 5.82 Å². The van der Waals surface area contributed by atoms with Crippen molar-refractivity contribution in [3.63, 3.8) is 0 Å². The molecule has 1 fully saturated rings. The zero-order chi connectivity index (χ0) is 25.1. The minimum absolute atomic E-state index is 0.0102. The maximum absolute atomic E-state index is 12.1. The first-order valence-electron chi connectivity index (χ1n) is 12.5. The molecule has 0 bridgehead atoms. The van der Waals surface area contributed by atoms with Gasteiger partial charge in [-0.05, 0) is 80.6 Å². The number of rotatable bonds is 6. The molecule has 8 nitrogen and oxygen atoms in total. The number of hydrogen-bond acceptors (Lipinski definition) is 5. The van der Waals surface area contributed by atoms with Crippen LogP contribution >= 0.6 is 0 Å². The number of anilines is 2. The Balaban J connectivity index is 1.32. The molecular formula is C27H29BN7O. The molecule has 2 aromatic heterocycles. The molecular weight excluding hydrogens is 449 g/mol. The van der Waals surface area contributed by atoms with Gasteiger partial charge in [-0.1, -0.05) is 6.82 Å². The lowest BCUT2D eigenvalue weighted by molar-refractivity contribution is 0.0958. The fourth-order valence-electron chi connectivity index (χ4n) is 5.05. The highest BCUT2D eigenvalue weighted by Gasteiger charge is 2.29. The quantitative estimate of drug-likeness (QED) is 0.385. The highest BCUT2D eigenvalue weighted by atomic mass is 16.2. The van der Waals surface area contributed by atoms with Crippen LogP contribution in [0.3, 0.4) is 0 Å². The van der Waals surface area contributed by atoms with Crippen molar-refractivity contribution < 1.29 is 4.79 Å². The smallest absolute Gasteiger partial charge is 0.281 e. The number of aryl methyl sites for hydroxylation is 3. The van der Waals surface area contributed by atoms with E-state index in [2.05, 4.69) is 54.4 Å². The predicted octanol–water partition coefficient (Wildman–Crippen LogP) is 4.90. The molecule has 0 saturated heterocycles. The third-order valence-corrected chi connectivity index (χ3v) is 7.19. The lowest BCUT2D eigenvalue weighted by Crippen LogP contribution is -2.16. The van der Waals surface area contributed by atoms with E-state index in [0.29, 0.717) is 17.7 Å². The molecule has 1 aliphatic heterocycles. The molecule has 1 radical (unpaired) electrons. The minimum atomic E-state index is -0.0276. The van der Waals surface area contributed by atoms with E-state index in [0.717, 1.165) is 44.8 Å². The van der Waals surface area contributed by atoms with Crippen LogP contribution in [0.25, 0.3) is 22.6 Å². The minimum Gasteiger partial charge on any atom is -0.345 e. The average Bonchev–Trinajstić information content (AvgIpc) is 3.41. The van der Waals surface area contributed by atoms with Gasteiger partial charge >= 0.3 is 0 Å². The van der Waals surface area contributed by atoms with Crippen molar-refractivity contribution in [2.24, 2.45) is 7.05 Å². The molecule has 4 aromatic rings. The van der Waals surface area contributed by atoms with Crippen LogP contribution in [-0.2, 0) is 7.05 Å². The fraction of sp³-hybridized carbons (Fsp3) is 0.333. The number of imidazole rings is 1. The van der Waals surface area contributed by atoms with Crippen LogP contribution in [0.15, 0.2) is 36.5 Å². The number of fused-ring (bicyclic) bond motifs is 1. The molecule has 6 rings (SSSR count). The van der Waals surface area contributed by atoms with E-state index in [1.807, 2.05) is 39.4 Å². The zero-order valence-electron chi connectivity index (χ0n) is 21.3. The largest absolute Gasteiger partial charge is 0.345 e. The number of nitrogens with one attached hydrogen (secondary N) is 2. The second-order valence-corrected chi connectivity index (χ2v) is 9.94. The Kier molecular flexibility index (Phi) is 5.24. The predicted molar refractivity (Wildman–Crippen MR) is 142 cm³/mol. The molecule has 181 valence electrons. The van der Waals surface area contributed by atoms with E-state index in [1.165, 1.54) is 18.7 Å². The Morgan fingerprint density at radius 2 is 1.81 bits per heavy atom. The van der Waals surface area contributed by atoms with Crippen LogP contribution in [0.2, 0.25) is 6.82 Å². The van der Waals surface area contributed by atoms with E-state index in [-0.39, 0.29) is 11.9 Å².